The number of aromatic nitrogens is 4. The van der Waals surface area contributed by atoms with E-state index in [9.17, 15) is 10.2 Å². The molecule has 9 heteroatoms. The molecule has 0 radical (unpaired) electrons. The van der Waals surface area contributed by atoms with E-state index >= 15 is 0 Å². The van der Waals surface area contributed by atoms with Gasteiger partial charge in [0.05, 0.1) is 14.3 Å². The number of hydrogen-bond acceptors (Lipinski definition) is 8. The van der Waals surface area contributed by atoms with Crippen LogP contribution < -0.4 is 5.73 Å². The molecule has 0 saturated carbocycles. The van der Waals surface area contributed by atoms with Crippen molar-refractivity contribution in [1.82, 2.24) is 19.5 Å². The third-order valence-corrected chi connectivity index (χ3v) is 3.03. The van der Waals surface area contributed by atoms with Gasteiger partial charge < -0.3 is 25.8 Å². The minimum Gasteiger partial charge on any atom is -0.394 e. The molecule has 9 nitrogen and oxygen atoms in total. The van der Waals surface area contributed by atoms with Crippen molar-refractivity contribution in [3.63, 3.8) is 0 Å². The number of nitrogens with zero attached hydrogens (tertiary/aromatic N) is 4. The number of imidazole rings is 1. The Morgan fingerprint density at radius 2 is 2.21 bits per heavy atom. The Hall–Kier alpha value is -1.81. The van der Waals surface area contributed by atoms with Gasteiger partial charge in [-0.1, -0.05) is 0 Å². The molecule has 0 aromatic carbocycles. The third kappa shape index (κ3) is 1.75. The first-order valence-electron chi connectivity index (χ1n) is 6.06. The first-order valence-corrected chi connectivity index (χ1v) is 5.56. The standard InChI is InChI=1S/C10H13N5O4/c11-8-5-9(13-2-12-8)15(3-14-5)10-7(18)6(17)4(1-16)19-10/h2-4,6-7,10,16-18H,1H2,(H2,11,12,13)/t4-,6-,7-,10?/m1/s1/i7D. The van der Waals surface area contributed by atoms with E-state index in [0.717, 1.165) is 0 Å². The summed E-state index contributed by atoms with van der Waals surface area (Å²) in [5.74, 6) is 0.152. The Morgan fingerprint density at radius 1 is 1.42 bits per heavy atom. The molecule has 19 heavy (non-hydrogen) atoms. The van der Waals surface area contributed by atoms with Crippen molar-refractivity contribution >= 4 is 17.0 Å². The fourth-order valence-electron chi connectivity index (χ4n) is 2.04. The van der Waals surface area contributed by atoms with E-state index in [2.05, 4.69) is 15.0 Å². The number of nitrogen functional groups attached to an aromatic ring is 1. The summed E-state index contributed by atoms with van der Waals surface area (Å²) >= 11 is 0. The van der Waals surface area contributed by atoms with E-state index in [1.54, 1.807) is 0 Å². The van der Waals surface area contributed by atoms with Gasteiger partial charge in [0.15, 0.2) is 17.7 Å². The van der Waals surface area contributed by atoms with Gasteiger partial charge in [-0.3, -0.25) is 4.57 Å². The zero-order valence-corrected chi connectivity index (χ0v) is 9.71. The number of hydrogen-bond donors (Lipinski definition) is 4. The summed E-state index contributed by atoms with van der Waals surface area (Å²) < 4.78 is 14.4. The van der Waals surface area contributed by atoms with Crippen molar-refractivity contribution in [1.29, 1.82) is 0 Å². The van der Waals surface area contributed by atoms with Crippen LogP contribution >= 0.6 is 0 Å². The molecule has 1 fully saturated rings. The van der Waals surface area contributed by atoms with E-state index < -0.39 is 31.1 Å². The molecule has 0 aliphatic carbocycles. The predicted octanol–water partition coefficient (Wildman–Crippen LogP) is -1.98. The summed E-state index contributed by atoms with van der Waals surface area (Å²) in [6.45, 7) is -0.525. The Morgan fingerprint density at radius 3 is 2.89 bits per heavy atom. The fraction of sp³-hybridized carbons (Fsp3) is 0.500. The summed E-state index contributed by atoms with van der Waals surface area (Å²) in [6.07, 6.45) is -3.75. The van der Waals surface area contributed by atoms with Gasteiger partial charge in [0.2, 0.25) is 0 Å². The number of aliphatic hydroxyl groups is 3. The SMILES string of the molecule is [2H][C@]1(O)C(n2cnc3c(N)ncnc32)O[C@H](CO)[C@H]1O. The lowest BCUT2D eigenvalue weighted by molar-refractivity contribution is -0.0511. The van der Waals surface area contributed by atoms with Crippen LogP contribution in [0.25, 0.3) is 11.2 Å². The van der Waals surface area contributed by atoms with Gasteiger partial charge in [-0.25, -0.2) is 15.0 Å². The number of nitrogens with two attached hydrogens (primary N) is 1. The van der Waals surface area contributed by atoms with Crippen LogP contribution in [-0.2, 0) is 4.74 Å². The molecule has 1 aliphatic heterocycles. The van der Waals surface area contributed by atoms with Crippen molar-refractivity contribution in [3.8, 4) is 0 Å². The monoisotopic (exact) mass is 268 g/mol. The highest BCUT2D eigenvalue weighted by molar-refractivity contribution is 5.81. The lowest BCUT2D eigenvalue weighted by Crippen LogP contribution is -2.33. The van der Waals surface area contributed by atoms with Gasteiger partial charge in [0.25, 0.3) is 0 Å². The van der Waals surface area contributed by atoms with Gasteiger partial charge in [-0.15, -0.1) is 0 Å². The van der Waals surface area contributed by atoms with Crippen molar-refractivity contribution in [2.45, 2.75) is 24.5 Å². The van der Waals surface area contributed by atoms with Crippen LogP contribution in [0.15, 0.2) is 12.7 Å². The number of fused-ring (bicyclic) bond motifs is 1. The maximum absolute atomic E-state index is 10.1. The van der Waals surface area contributed by atoms with Gasteiger partial charge in [-0.2, -0.15) is 0 Å². The summed E-state index contributed by atoms with van der Waals surface area (Å²) in [4.78, 5) is 11.8. The second kappa shape index (κ2) is 4.38. The molecule has 1 unspecified atom stereocenters. The molecule has 0 bridgehead atoms. The van der Waals surface area contributed by atoms with Crippen LogP contribution in [-0.4, -0.2) is 59.7 Å². The van der Waals surface area contributed by atoms with E-state index in [0.29, 0.717) is 5.52 Å². The zero-order chi connectivity index (χ0) is 14.5. The average Bonchev–Trinajstić information content (AvgIpc) is 2.92. The molecule has 1 aliphatic rings. The normalized spacial score (nSPS) is 35.7. The summed E-state index contributed by atoms with van der Waals surface area (Å²) in [5, 5.41) is 29.0. The lowest BCUT2D eigenvalue weighted by atomic mass is 10.1. The predicted molar refractivity (Wildman–Crippen MR) is 62.7 cm³/mol. The molecule has 3 rings (SSSR count). The fourth-order valence-corrected chi connectivity index (χ4v) is 2.04. The molecule has 2 aromatic rings. The van der Waals surface area contributed by atoms with Gasteiger partial charge >= 0.3 is 0 Å². The van der Waals surface area contributed by atoms with Crippen molar-refractivity contribution in [3.05, 3.63) is 12.7 Å². The molecule has 102 valence electrons. The van der Waals surface area contributed by atoms with Gasteiger partial charge in [0.1, 0.15) is 30.1 Å². The molecule has 5 N–H and O–H groups in total. The molecule has 1 saturated heterocycles. The molecule has 2 aromatic heterocycles. The van der Waals surface area contributed by atoms with E-state index in [-0.39, 0.29) is 11.5 Å². The summed E-state index contributed by atoms with van der Waals surface area (Å²) in [7, 11) is 0. The number of anilines is 1. The molecule has 0 amide bonds. The van der Waals surface area contributed by atoms with Crippen LogP contribution in [0, 0.1) is 0 Å². The van der Waals surface area contributed by atoms with Crippen LogP contribution in [0.4, 0.5) is 5.82 Å². The van der Waals surface area contributed by atoms with Crippen molar-refractivity contribution < 1.29 is 21.4 Å². The lowest BCUT2D eigenvalue weighted by Gasteiger charge is -2.16. The minimum absolute atomic E-state index is 0.152. The second-order valence-electron chi connectivity index (χ2n) is 4.16. The topological polar surface area (TPSA) is 140 Å². The molecule has 4 atom stereocenters. The first kappa shape index (κ1) is 11.1. The quantitative estimate of drug-likeness (QED) is 0.491. The first-order chi connectivity index (χ1) is 9.46. The summed E-state index contributed by atoms with van der Waals surface area (Å²) in [6, 6.07) is 0. The smallest absolute Gasteiger partial charge is 0.167 e. The van der Waals surface area contributed by atoms with Crippen LogP contribution in [0.3, 0.4) is 0 Å². The van der Waals surface area contributed by atoms with Crippen LogP contribution in [0.1, 0.15) is 7.60 Å². The van der Waals surface area contributed by atoms with E-state index in [1.807, 2.05) is 0 Å². The number of aliphatic hydroxyl groups excluding tert-OH is 2. The Balaban J connectivity index is 2.10. The number of rotatable bonds is 2. The molecular formula is C10H13N5O4. The minimum atomic E-state index is -2.35. The highest BCUT2D eigenvalue weighted by Gasteiger charge is 2.43. The van der Waals surface area contributed by atoms with Crippen molar-refractivity contribution in [2.75, 3.05) is 12.3 Å². The van der Waals surface area contributed by atoms with E-state index in [1.165, 1.54) is 17.2 Å². The highest BCUT2D eigenvalue weighted by atomic mass is 16.6. The Kier molecular flexibility index (Phi) is 2.55. The maximum atomic E-state index is 10.1. The largest absolute Gasteiger partial charge is 0.394 e. The second-order valence-corrected chi connectivity index (χ2v) is 4.16. The van der Waals surface area contributed by atoms with Crippen LogP contribution in [0.5, 0.6) is 0 Å². The molecule has 0 spiro atoms. The third-order valence-electron chi connectivity index (χ3n) is 3.03. The van der Waals surface area contributed by atoms with Crippen molar-refractivity contribution in [2.24, 2.45) is 0 Å². The van der Waals surface area contributed by atoms with Crippen LogP contribution in [0.2, 0.25) is 0 Å². The Bertz CT molecular complexity index is 648. The van der Waals surface area contributed by atoms with Gasteiger partial charge in [-0.05, 0) is 0 Å². The Labute approximate surface area is 108 Å². The zero-order valence-electron chi connectivity index (χ0n) is 10.7. The maximum Gasteiger partial charge on any atom is 0.167 e. The van der Waals surface area contributed by atoms with Gasteiger partial charge in [0, 0.05) is 0 Å². The summed E-state index contributed by atoms with van der Waals surface area (Å²) in [5.41, 5.74) is 6.21. The highest BCUT2D eigenvalue weighted by Crippen LogP contribution is 2.31. The number of ether oxygens (including phenoxy) is 1. The average molecular weight is 268 g/mol. The molecular weight excluding hydrogens is 254 g/mol. The molecule has 3 heterocycles. The van der Waals surface area contributed by atoms with E-state index in [4.69, 9.17) is 16.9 Å².